The summed E-state index contributed by atoms with van der Waals surface area (Å²) in [6.07, 6.45) is 4.13. The second-order valence-electron chi connectivity index (χ2n) is 7.58. The molecule has 0 unspecified atom stereocenters. The maximum absolute atomic E-state index is 12.8. The average molecular weight is 424 g/mol. The first-order valence-electron chi connectivity index (χ1n) is 9.80. The van der Waals surface area contributed by atoms with Crippen molar-refractivity contribution in [2.24, 2.45) is 5.92 Å². The van der Waals surface area contributed by atoms with Crippen LogP contribution in [0.1, 0.15) is 51.3 Å². The zero-order valence-corrected chi connectivity index (χ0v) is 17.8. The van der Waals surface area contributed by atoms with Gasteiger partial charge in [-0.2, -0.15) is 0 Å². The van der Waals surface area contributed by atoms with Crippen molar-refractivity contribution in [2.75, 3.05) is 5.32 Å². The number of nitrogens with one attached hydrogen (secondary N) is 1. The van der Waals surface area contributed by atoms with E-state index in [4.69, 9.17) is 11.6 Å². The van der Waals surface area contributed by atoms with E-state index in [1.165, 1.54) is 17.8 Å². The predicted octanol–water partition coefficient (Wildman–Crippen LogP) is 7.00. The fraction of sp³-hybridized carbons (Fsp3) is 0.250. The number of ketones is 1. The predicted molar refractivity (Wildman–Crippen MR) is 120 cm³/mol. The number of hydrogen-bond acceptors (Lipinski definition) is 3. The molecule has 1 fully saturated rings. The molecule has 1 N–H and O–H groups in total. The summed E-state index contributed by atoms with van der Waals surface area (Å²) in [6.45, 7) is 1.93. The van der Waals surface area contributed by atoms with Crippen LogP contribution < -0.4 is 5.32 Å². The summed E-state index contributed by atoms with van der Waals surface area (Å²) in [6, 6.07) is 16.9. The molecule has 0 aliphatic heterocycles. The molecule has 1 amide bonds. The van der Waals surface area contributed by atoms with E-state index in [1.54, 1.807) is 0 Å². The van der Waals surface area contributed by atoms with Crippen molar-refractivity contribution in [3.8, 4) is 10.4 Å². The number of hydrogen-bond donors (Lipinski definition) is 1. The maximum Gasteiger partial charge on any atom is 0.265 e. The molecular formula is C24H22ClNO2S. The van der Waals surface area contributed by atoms with Gasteiger partial charge in [-0.05, 0) is 54.3 Å². The van der Waals surface area contributed by atoms with Crippen molar-refractivity contribution in [3.63, 3.8) is 0 Å². The molecule has 1 heterocycles. The van der Waals surface area contributed by atoms with E-state index in [1.807, 2.05) is 61.5 Å². The molecular weight excluding hydrogens is 402 g/mol. The lowest BCUT2D eigenvalue weighted by Crippen LogP contribution is -2.16. The van der Waals surface area contributed by atoms with E-state index in [-0.39, 0.29) is 11.7 Å². The van der Waals surface area contributed by atoms with Gasteiger partial charge >= 0.3 is 0 Å². The lowest BCUT2D eigenvalue weighted by Gasteiger charge is -2.24. The third-order valence-electron chi connectivity index (χ3n) is 5.47. The molecule has 0 spiro atoms. The minimum atomic E-state index is -0.165. The van der Waals surface area contributed by atoms with Gasteiger partial charge in [0.2, 0.25) is 0 Å². The van der Waals surface area contributed by atoms with Gasteiger partial charge in [-0.3, -0.25) is 9.59 Å². The van der Waals surface area contributed by atoms with Crippen LogP contribution in [0.15, 0.2) is 54.6 Å². The van der Waals surface area contributed by atoms with E-state index >= 15 is 0 Å². The standard InChI is InChI=1S/C24H22ClNO2S/c1-15-5-6-18(21(27)13-16-3-2-4-16)14-20(15)26-24(28)23-12-11-22(29-23)17-7-9-19(25)10-8-17/h5-12,14,16H,2-4,13H2,1H3,(H,26,28). The Labute approximate surface area is 179 Å². The molecule has 2 aromatic carbocycles. The number of anilines is 1. The van der Waals surface area contributed by atoms with Crippen molar-refractivity contribution in [1.82, 2.24) is 0 Å². The summed E-state index contributed by atoms with van der Waals surface area (Å²) in [5, 5.41) is 3.66. The highest BCUT2D eigenvalue weighted by Crippen LogP contribution is 2.32. The molecule has 4 rings (SSSR count). The smallest absolute Gasteiger partial charge is 0.265 e. The monoisotopic (exact) mass is 423 g/mol. The first-order valence-corrected chi connectivity index (χ1v) is 11.0. The Balaban J connectivity index is 1.48. The van der Waals surface area contributed by atoms with Gasteiger partial charge in [0.25, 0.3) is 5.91 Å². The van der Waals surface area contributed by atoms with Crippen LogP contribution in [0.25, 0.3) is 10.4 Å². The Kier molecular flexibility index (Phi) is 5.84. The number of carbonyl (C=O) groups excluding carboxylic acids is 2. The summed E-state index contributed by atoms with van der Waals surface area (Å²) in [5.74, 6) is 0.521. The van der Waals surface area contributed by atoms with Crippen LogP contribution >= 0.6 is 22.9 Å². The Morgan fingerprint density at radius 1 is 1.07 bits per heavy atom. The number of aryl methyl sites for hydroxylation is 1. The summed E-state index contributed by atoms with van der Waals surface area (Å²) in [4.78, 5) is 26.9. The fourth-order valence-electron chi connectivity index (χ4n) is 3.42. The Morgan fingerprint density at radius 3 is 2.52 bits per heavy atom. The first-order chi connectivity index (χ1) is 14.0. The van der Waals surface area contributed by atoms with Crippen molar-refractivity contribution in [3.05, 3.63) is 75.6 Å². The van der Waals surface area contributed by atoms with Gasteiger partial charge in [0, 0.05) is 27.6 Å². The number of halogens is 1. The van der Waals surface area contributed by atoms with Crippen LogP contribution in [0.2, 0.25) is 5.02 Å². The largest absolute Gasteiger partial charge is 0.321 e. The van der Waals surface area contributed by atoms with Crippen molar-refractivity contribution >= 4 is 40.3 Å². The summed E-state index contributed by atoms with van der Waals surface area (Å²) in [7, 11) is 0. The minimum Gasteiger partial charge on any atom is -0.321 e. The van der Waals surface area contributed by atoms with Crippen LogP contribution in [-0.2, 0) is 0 Å². The highest BCUT2D eigenvalue weighted by atomic mass is 35.5. The summed E-state index contributed by atoms with van der Waals surface area (Å²) >= 11 is 7.38. The number of Topliss-reactive ketones (excluding diaryl/α,β-unsaturated/α-hetero) is 1. The fourth-order valence-corrected chi connectivity index (χ4v) is 4.45. The Hall–Kier alpha value is -2.43. The van der Waals surface area contributed by atoms with Crippen molar-refractivity contribution in [1.29, 1.82) is 0 Å². The Bertz CT molecular complexity index is 1050. The highest BCUT2D eigenvalue weighted by molar-refractivity contribution is 7.17. The van der Waals surface area contributed by atoms with Gasteiger partial charge in [-0.15, -0.1) is 11.3 Å². The molecule has 1 aliphatic carbocycles. The zero-order valence-electron chi connectivity index (χ0n) is 16.2. The quantitative estimate of drug-likeness (QED) is 0.433. The maximum atomic E-state index is 12.8. The van der Waals surface area contributed by atoms with Crippen LogP contribution in [-0.4, -0.2) is 11.7 Å². The highest BCUT2D eigenvalue weighted by Gasteiger charge is 2.22. The second-order valence-corrected chi connectivity index (χ2v) is 9.10. The van der Waals surface area contributed by atoms with Crippen LogP contribution in [0.4, 0.5) is 5.69 Å². The number of rotatable bonds is 6. The first kappa shape index (κ1) is 19.9. The van der Waals surface area contributed by atoms with E-state index in [0.29, 0.717) is 33.5 Å². The second kappa shape index (κ2) is 8.52. The van der Waals surface area contributed by atoms with Crippen LogP contribution in [0.3, 0.4) is 0 Å². The third kappa shape index (κ3) is 4.60. The van der Waals surface area contributed by atoms with E-state index in [0.717, 1.165) is 28.8 Å². The molecule has 0 saturated heterocycles. The number of benzene rings is 2. The van der Waals surface area contributed by atoms with E-state index < -0.39 is 0 Å². The topological polar surface area (TPSA) is 46.2 Å². The number of amides is 1. The Morgan fingerprint density at radius 2 is 1.83 bits per heavy atom. The minimum absolute atomic E-state index is 0.159. The molecule has 29 heavy (non-hydrogen) atoms. The van der Waals surface area contributed by atoms with E-state index in [9.17, 15) is 9.59 Å². The van der Waals surface area contributed by atoms with Gasteiger partial charge in [0.05, 0.1) is 4.88 Å². The molecule has 0 bridgehead atoms. The molecule has 0 radical (unpaired) electrons. The summed E-state index contributed by atoms with van der Waals surface area (Å²) in [5.41, 5.74) is 3.33. The molecule has 1 aromatic heterocycles. The molecule has 1 aliphatic rings. The SMILES string of the molecule is Cc1ccc(C(=O)CC2CCC2)cc1NC(=O)c1ccc(-c2ccc(Cl)cc2)s1. The molecule has 3 aromatic rings. The van der Waals surface area contributed by atoms with Gasteiger partial charge in [0.1, 0.15) is 0 Å². The van der Waals surface area contributed by atoms with Gasteiger partial charge in [-0.1, -0.05) is 55.1 Å². The lowest BCUT2D eigenvalue weighted by atomic mass is 9.81. The van der Waals surface area contributed by atoms with Gasteiger partial charge in [-0.25, -0.2) is 0 Å². The van der Waals surface area contributed by atoms with Crippen molar-refractivity contribution in [2.45, 2.75) is 32.6 Å². The zero-order chi connectivity index (χ0) is 20.4. The molecule has 5 heteroatoms. The van der Waals surface area contributed by atoms with Crippen LogP contribution in [0.5, 0.6) is 0 Å². The van der Waals surface area contributed by atoms with Gasteiger partial charge in [0.15, 0.2) is 5.78 Å². The van der Waals surface area contributed by atoms with E-state index in [2.05, 4.69) is 5.32 Å². The normalized spacial score (nSPS) is 13.7. The number of carbonyl (C=O) groups is 2. The van der Waals surface area contributed by atoms with Crippen LogP contribution in [0, 0.1) is 12.8 Å². The molecule has 0 atom stereocenters. The average Bonchev–Trinajstić information content (AvgIpc) is 3.17. The lowest BCUT2D eigenvalue weighted by molar-refractivity contribution is 0.0935. The molecule has 148 valence electrons. The van der Waals surface area contributed by atoms with Crippen molar-refractivity contribution < 1.29 is 9.59 Å². The molecule has 3 nitrogen and oxygen atoms in total. The summed E-state index contributed by atoms with van der Waals surface area (Å²) < 4.78 is 0. The number of thiophene rings is 1. The van der Waals surface area contributed by atoms with Gasteiger partial charge < -0.3 is 5.32 Å². The third-order valence-corrected chi connectivity index (χ3v) is 6.85. The molecule has 1 saturated carbocycles.